The van der Waals surface area contributed by atoms with Gasteiger partial charge in [0, 0.05) is 30.7 Å². The highest BCUT2D eigenvalue weighted by Gasteiger charge is 2.32. The smallest absolute Gasteiger partial charge is 0.355 e. The Bertz CT molecular complexity index is 1650. The lowest BCUT2D eigenvalue weighted by Crippen LogP contribution is -2.55. The summed E-state index contributed by atoms with van der Waals surface area (Å²) in [5.74, 6) is -3.56. The number of nitrogens with two attached hydrogens (primary N) is 1. The van der Waals surface area contributed by atoms with Crippen molar-refractivity contribution in [1.82, 2.24) is 25.2 Å². The van der Waals surface area contributed by atoms with Gasteiger partial charge in [-0.15, -0.1) is 0 Å². The van der Waals surface area contributed by atoms with Gasteiger partial charge in [0.15, 0.2) is 17.3 Å². The van der Waals surface area contributed by atoms with E-state index in [1.165, 1.54) is 10.6 Å². The van der Waals surface area contributed by atoms with Crippen molar-refractivity contribution in [3.05, 3.63) is 61.9 Å². The largest absolute Gasteiger partial charge is 0.395 e. The highest BCUT2D eigenvalue weighted by atomic mass is 35.5. The highest BCUT2D eigenvalue weighted by Crippen LogP contribution is 2.43. The van der Waals surface area contributed by atoms with E-state index in [9.17, 15) is 13.6 Å². The van der Waals surface area contributed by atoms with Crippen molar-refractivity contribution in [2.24, 2.45) is 5.92 Å². The molecule has 2 aliphatic heterocycles. The molecule has 8 nitrogen and oxygen atoms in total. The molecule has 2 aromatic heterocycles. The molecule has 41 heavy (non-hydrogen) atoms. The van der Waals surface area contributed by atoms with Crippen LogP contribution in [0, 0.1) is 23.4 Å². The van der Waals surface area contributed by atoms with E-state index < -0.39 is 50.1 Å². The predicted molar refractivity (Wildman–Crippen MR) is 158 cm³/mol. The molecule has 5 rings (SSSR count). The number of dihydropyridines is 1. The molecule has 13 heteroatoms. The standard InChI is InChI=1S/C28H30Cl2F3N7O/c1-11(2)23-25(12(3)6-7-35-23)40-27-15(26(38-28(40)41)39-9-13(4)36-14(5)10-39)8-16(31)24(37-27)17-18(29)20(32)21(33)22(34)19(17)30/h6-8,11,13-14,23,35-36H,9-10,34H2,1-5H3/t13-,14+,23-/m1/s1. The molecular weight excluding hydrogens is 578 g/mol. The van der Waals surface area contributed by atoms with Gasteiger partial charge in [0.1, 0.15) is 17.3 Å². The summed E-state index contributed by atoms with van der Waals surface area (Å²) in [5.41, 5.74) is 4.82. The van der Waals surface area contributed by atoms with Crippen LogP contribution in [0.5, 0.6) is 0 Å². The quantitative estimate of drug-likeness (QED) is 0.209. The molecule has 3 aromatic rings. The second kappa shape index (κ2) is 10.8. The molecule has 2 aliphatic rings. The van der Waals surface area contributed by atoms with E-state index in [1.807, 2.05) is 45.6 Å². The Morgan fingerprint density at radius 3 is 2.37 bits per heavy atom. The number of hydrogen-bond acceptors (Lipinski definition) is 7. The lowest BCUT2D eigenvalue weighted by atomic mass is 9.95. The maximum atomic E-state index is 16.0. The monoisotopic (exact) mass is 607 g/mol. The molecular formula is C28H30Cl2F3N7O. The van der Waals surface area contributed by atoms with Crippen LogP contribution in [-0.4, -0.2) is 45.8 Å². The molecule has 0 radical (unpaired) electrons. The fraction of sp³-hybridized carbons (Fsp3) is 0.393. The van der Waals surface area contributed by atoms with E-state index in [-0.39, 0.29) is 40.9 Å². The number of anilines is 2. The second-order valence-corrected chi connectivity index (χ2v) is 11.7. The molecule has 0 unspecified atom stereocenters. The summed E-state index contributed by atoms with van der Waals surface area (Å²) < 4.78 is 46.2. The van der Waals surface area contributed by atoms with Gasteiger partial charge in [0.2, 0.25) is 0 Å². The Morgan fingerprint density at radius 1 is 1.07 bits per heavy atom. The Kier molecular flexibility index (Phi) is 7.73. The zero-order valence-electron chi connectivity index (χ0n) is 23.1. The Balaban J connectivity index is 1.90. The Morgan fingerprint density at radius 2 is 1.73 bits per heavy atom. The van der Waals surface area contributed by atoms with Gasteiger partial charge >= 0.3 is 5.69 Å². The van der Waals surface area contributed by atoms with E-state index >= 15 is 4.39 Å². The van der Waals surface area contributed by atoms with Crippen LogP contribution in [0.1, 0.15) is 34.6 Å². The van der Waals surface area contributed by atoms with Crippen LogP contribution in [0.3, 0.4) is 0 Å². The summed E-state index contributed by atoms with van der Waals surface area (Å²) in [5, 5.41) is 5.69. The topological polar surface area (TPSA) is 101 Å². The Labute approximate surface area is 245 Å². The lowest BCUT2D eigenvalue weighted by molar-refractivity contribution is 0.405. The minimum Gasteiger partial charge on any atom is -0.395 e. The van der Waals surface area contributed by atoms with E-state index in [1.54, 1.807) is 6.20 Å². The number of rotatable bonds is 4. The number of benzene rings is 1. The van der Waals surface area contributed by atoms with Gasteiger partial charge in [-0.25, -0.2) is 27.5 Å². The molecule has 0 saturated carbocycles. The van der Waals surface area contributed by atoms with Crippen molar-refractivity contribution in [1.29, 1.82) is 0 Å². The van der Waals surface area contributed by atoms with E-state index in [4.69, 9.17) is 28.9 Å². The van der Waals surface area contributed by atoms with E-state index in [0.717, 1.165) is 5.57 Å². The molecule has 3 atom stereocenters. The van der Waals surface area contributed by atoms with Gasteiger partial charge in [-0.1, -0.05) is 37.0 Å². The predicted octanol–water partition coefficient (Wildman–Crippen LogP) is 5.32. The normalized spacial score (nSPS) is 21.2. The molecule has 4 N–H and O–H groups in total. The highest BCUT2D eigenvalue weighted by molar-refractivity contribution is 6.41. The number of allylic oxidation sites excluding steroid dienone is 2. The molecule has 0 bridgehead atoms. The summed E-state index contributed by atoms with van der Waals surface area (Å²) in [7, 11) is 0. The van der Waals surface area contributed by atoms with Crippen LogP contribution in [0.15, 0.2) is 28.7 Å². The van der Waals surface area contributed by atoms with Crippen molar-refractivity contribution >= 4 is 51.4 Å². The second-order valence-electron chi connectivity index (χ2n) is 11.0. The number of fused-ring (bicyclic) bond motifs is 1. The fourth-order valence-electron chi connectivity index (χ4n) is 5.61. The summed E-state index contributed by atoms with van der Waals surface area (Å²) >= 11 is 12.4. The minimum absolute atomic E-state index is 0.0381. The first-order chi connectivity index (χ1) is 19.3. The van der Waals surface area contributed by atoms with Crippen LogP contribution in [0.4, 0.5) is 24.7 Å². The third-order valence-electron chi connectivity index (χ3n) is 7.41. The number of nitrogen functional groups attached to an aromatic ring is 1. The molecule has 0 aliphatic carbocycles. The molecule has 1 fully saturated rings. The van der Waals surface area contributed by atoms with Gasteiger partial charge in [0.05, 0.1) is 32.9 Å². The molecule has 0 spiro atoms. The van der Waals surface area contributed by atoms with Crippen LogP contribution < -0.4 is 27.0 Å². The first kappa shape index (κ1) is 29.2. The number of hydrogen-bond donors (Lipinski definition) is 3. The number of aromatic nitrogens is 3. The summed E-state index contributed by atoms with van der Waals surface area (Å²) in [6.45, 7) is 10.9. The lowest BCUT2D eigenvalue weighted by Gasteiger charge is -2.37. The van der Waals surface area contributed by atoms with Crippen molar-refractivity contribution in [3.8, 4) is 11.3 Å². The SMILES string of the molecule is CC1=C(n2c(=O)nc(N3C[C@@H](C)N[C@@H](C)C3)c3cc(F)c(-c4c(Cl)c(N)c(F)c(F)c4Cl)nc32)[C@@H](C(C)C)NC=C1. The summed E-state index contributed by atoms with van der Waals surface area (Å²) in [4.78, 5) is 24.8. The van der Waals surface area contributed by atoms with Crippen molar-refractivity contribution < 1.29 is 13.2 Å². The zero-order chi connectivity index (χ0) is 29.9. The molecule has 0 amide bonds. The number of nitrogens with one attached hydrogen (secondary N) is 2. The third kappa shape index (κ3) is 4.93. The minimum atomic E-state index is -1.48. The van der Waals surface area contributed by atoms with Gasteiger partial charge in [-0.3, -0.25) is 0 Å². The van der Waals surface area contributed by atoms with Crippen LogP contribution in [-0.2, 0) is 0 Å². The van der Waals surface area contributed by atoms with Crippen molar-refractivity contribution in [2.75, 3.05) is 23.7 Å². The van der Waals surface area contributed by atoms with Gasteiger partial charge in [0.25, 0.3) is 0 Å². The summed E-state index contributed by atoms with van der Waals surface area (Å²) in [6.07, 6.45) is 3.61. The number of halogens is 5. The van der Waals surface area contributed by atoms with Gasteiger partial charge in [-0.2, -0.15) is 4.98 Å². The average molecular weight is 608 g/mol. The molecule has 1 saturated heterocycles. The average Bonchev–Trinajstić information content (AvgIpc) is 2.91. The fourth-order valence-corrected chi connectivity index (χ4v) is 6.19. The van der Waals surface area contributed by atoms with Crippen molar-refractivity contribution in [2.45, 2.75) is 52.7 Å². The Hall–Kier alpha value is -3.28. The third-order valence-corrected chi connectivity index (χ3v) is 8.16. The maximum Gasteiger partial charge on any atom is 0.355 e. The van der Waals surface area contributed by atoms with Crippen LogP contribution >= 0.6 is 23.2 Å². The zero-order valence-corrected chi connectivity index (χ0v) is 24.6. The van der Waals surface area contributed by atoms with E-state index in [2.05, 4.69) is 20.6 Å². The van der Waals surface area contributed by atoms with Gasteiger partial charge < -0.3 is 21.3 Å². The number of piperazine rings is 1. The molecule has 1 aromatic carbocycles. The first-order valence-corrected chi connectivity index (χ1v) is 14.0. The first-order valence-electron chi connectivity index (χ1n) is 13.2. The number of nitrogens with zero attached hydrogens (tertiary/aromatic N) is 4. The molecule has 218 valence electrons. The van der Waals surface area contributed by atoms with Crippen LogP contribution in [0.2, 0.25) is 10.0 Å². The van der Waals surface area contributed by atoms with Crippen molar-refractivity contribution in [3.63, 3.8) is 0 Å². The summed E-state index contributed by atoms with van der Waals surface area (Å²) in [6, 6.07) is 1.000. The molecule has 4 heterocycles. The maximum absolute atomic E-state index is 16.0. The van der Waals surface area contributed by atoms with Gasteiger partial charge in [-0.05, 0) is 50.6 Å². The van der Waals surface area contributed by atoms with Crippen LogP contribution in [0.25, 0.3) is 28.0 Å². The number of pyridine rings is 1. The van der Waals surface area contributed by atoms with E-state index in [0.29, 0.717) is 18.8 Å².